The Kier molecular flexibility index (Phi) is 9.05. The molecule has 2 atom stereocenters. The summed E-state index contributed by atoms with van der Waals surface area (Å²) in [4.78, 5) is 27.0. The van der Waals surface area contributed by atoms with Crippen molar-refractivity contribution in [1.29, 1.82) is 0 Å². The van der Waals surface area contributed by atoms with Crippen LogP contribution in [0.4, 0.5) is 10.1 Å². The molecule has 1 aromatic carbocycles. The zero-order valence-electron chi connectivity index (χ0n) is 15.2. The molecule has 0 aromatic heterocycles. The van der Waals surface area contributed by atoms with Crippen LogP contribution >= 0.6 is 15.6 Å². The molecule has 0 aliphatic carbocycles. The minimum atomic E-state index is -5.24. The van der Waals surface area contributed by atoms with Gasteiger partial charge in [-0.2, -0.15) is 4.31 Å². The van der Waals surface area contributed by atoms with Gasteiger partial charge in [0.05, 0.1) is 0 Å². The Morgan fingerprint density at radius 2 is 1.78 bits per heavy atom. The number of hydrogen-bond acceptors (Lipinski definition) is 5. The molecular weight excluding hydrogens is 399 g/mol. The van der Waals surface area contributed by atoms with Crippen molar-refractivity contribution in [2.75, 3.05) is 5.32 Å². The highest BCUT2D eigenvalue weighted by molar-refractivity contribution is 7.60. The van der Waals surface area contributed by atoms with Crippen molar-refractivity contribution in [3.63, 3.8) is 0 Å². The van der Waals surface area contributed by atoms with E-state index >= 15 is 0 Å². The summed E-state index contributed by atoms with van der Waals surface area (Å²) < 4.78 is 44.4. The van der Waals surface area contributed by atoms with Crippen LogP contribution in [0.25, 0.3) is 0 Å². The van der Waals surface area contributed by atoms with Gasteiger partial charge < -0.3 is 20.0 Å². The fourth-order valence-corrected chi connectivity index (χ4v) is 3.67. The molecule has 1 aromatic rings. The predicted octanol–water partition coefficient (Wildman–Crippen LogP) is 4.48. The molecule has 8 nitrogen and oxygen atoms in total. The molecule has 0 bridgehead atoms. The van der Waals surface area contributed by atoms with E-state index in [1.54, 1.807) is 6.92 Å². The highest BCUT2D eigenvalue weighted by atomic mass is 31.3. The van der Waals surface area contributed by atoms with Crippen molar-refractivity contribution in [3.8, 4) is 0 Å². The number of benzene rings is 1. The summed E-state index contributed by atoms with van der Waals surface area (Å²) in [6.45, 7) is 5.69. The number of allylic oxidation sites excluding steroid dienone is 3. The Hall–Kier alpha value is -1.31. The smallest absolute Gasteiger partial charge is 0.356 e. The molecular formula is C16H24FNO7P2. The number of halogens is 1. The molecule has 0 aliphatic rings. The lowest BCUT2D eigenvalue weighted by atomic mass is 10.1. The van der Waals surface area contributed by atoms with Crippen molar-refractivity contribution in [2.24, 2.45) is 0 Å². The molecule has 11 heteroatoms. The maximum atomic E-state index is 13.0. The van der Waals surface area contributed by atoms with Crippen LogP contribution in [0.5, 0.6) is 0 Å². The standard InChI is InChI=1S/C16H24FNO7P2/c1-12(2)5-4-6-13(3)11-16(18-15-9-7-14(17)8-10-15)24-27(22,23)25-26(19,20)21/h5,7-11,16,18H,4,6H2,1-3H3,(H,22,23)(H2,19,20,21). The quantitative estimate of drug-likeness (QED) is 0.247. The molecule has 0 aliphatic heterocycles. The lowest BCUT2D eigenvalue weighted by Crippen LogP contribution is -2.20. The summed E-state index contributed by atoms with van der Waals surface area (Å²) in [7, 11) is -10.3. The maximum Gasteiger partial charge on any atom is 0.483 e. The van der Waals surface area contributed by atoms with Gasteiger partial charge in [-0.3, -0.25) is 4.52 Å². The van der Waals surface area contributed by atoms with Gasteiger partial charge in [-0.15, -0.1) is 0 Å². The largest absolute Gasteiger partial charge is 0.483 e. The van der Waals surface area contributed by atoms with Crippen LogP contribution in [-0.4, -0.2) is 20.9 Å². The van der Waals surface area contributed by atoms with Gasteiger partial charge in [0.1, 0.15) is 5.82 Å². The highest BCUT2D eigenvalue weighted by Crippen LogP contribution is 2.58. The molecule has 152 valence electrons. The topological polar surface area (TPSA) is 125 Å². The summed E-state index contributed by atoms with van der Waals surface area (Å²) in [5.74, 6) is -0.468. The van der Waals surface area contributed by atoms with Crippen LogP contribution < -0.4 is 5.32 Å². The normalized spacial score (nSPS) is 15.7. The van der Waals surface area contributed by atoms with Gasteiger partial charge in [-0.1, -0.05) is 17.2 Å². The first kappa shape index (κ1) is 23.7. The third-order valence-corrected chi connectivity index (χ3v) is 5.31. The molecule has 0 fully saturated rings. The summed E-state index contributed by atoms with van der Waals surface area (Å²) in [6.07, 6.45) is 3.63. The SMILES string of the molecule is CC(C)=CCCC(C)=CC(Nc1ccc(F)cc1)OP(=O)(O)OP(=O)(O)O. The average molecular weight is 423 g/mol. The van der Waals surface area contributed by atoms with Crippen molar-refractivity contribution in [1.82, 2.24) is 0 Å². The minimum Gasteiger partial charge on any atom is -0.356 e. The molecule has 0 saturated carbocycles. The second-order valence-electron chi connectivity index (χ2n) is 6.05. The summed E-state index contributed by atoms with van der Waals surface area (Å²) in [5, 5.41) is 2.73. The molecule has 1 rings (SSSR count). The Morgan fingerprint density at radius 3 is 2.30 bits per heavy atom. The molecule has 4 N–H and O–H groups in total. The van der Waals surface area contributed by atoms with Gasteiger partial charge >= 0.3 is 15.6 Å². The van der Waals surface area contributed by atoms with Gasteiger partial charge in [0.25, 0.3) is 0 Å². The van der Waals surface area contributed by atoms with Crippen molar-refractivity contribution >= 4 is 21.3 Å². The van der Waals surface area contributed by atoms with Crippen LogP contribution in [0, 0.1) is 5.82 Å². The van der Waals surface area contributed by atoms with E-state index in [4.69, 9.17) is 14.3 Å². The van der Waals surface area contributed by atoms with Crippen molar-refractivity contribution < 1.29 is 37.0 Å². The number of nitrogens with one attached hydrogen (secondary N) is 1. The first-order chi connectivity index (χ1) is 12.4. The molecule has 0 spiro atoms. The van der Waals surface area contributed by atoms with Crippen LogP contribution in [0.1, 0.15) is 33.6 Å². The van der Waals surface area contributed by atoms with Gasteiger partial charge in [-0.05, 0) is 64.0 Å². The van der Waals surface area contributed by atoms with Crippen LogP contribution in [0.3, 0.4) is 0 Å². The average Bonchev–Trinajstić information content (AvgIpc) is 2.46. The Bertz CT molecular complexity index is 769. The Labute approximate surface area is 157 Å². The highest BCUT2D eigenvalue weighted by Gasteiger charge is 2.34. The number of phosphoric acid groups is 2. The molecule has 0 amide bonds. The van der Waals surface area contributed by atoms with E-state index < -0.39 is 27.7 Å². The second-order valence-corrected chi connectivity index (χ2v) is 8.83. The zero-order chi connectivity index (χ0) is 20.7. The van der Waals surface area contributed by atoms with Gasteiger partial charge in [-0.25, -0.2) is 13.5 Å². The van der Waals surface area contributed by atoms with E-state index in [0.717, 1.165) is 17.6 Å². The molecule has 0 heterocycles. The number of phosphoric ester groups is 1. The zero-order valence-corrected chi connectivity index (χ0v) is 17.0. The summed E-state index contributed by atoms with van der Waals surface area (Å²) in [6, 6.07) is 5.11. The summed E-state index contributed by atoms with van der Waals surface area (Å²) in [5.41, 5.74) is 2.31. The first-order valence-corrected chi connectivity index (χ1v) is 11.0. The lowest BCUT2D eigenvalue weighted by Gasteiger charge is -2.21. The van der Waals surface area contributed by atoms with E-state index in [9.17, 15) is 18.4 Å². The van der Waals surface area contributed by atoms with Crippen LogP contribution in [0.15, 0.2) is 47.6 Å². The number of rotatable bonds is 10. The van der Waals surface area contributed by atoms with E-state index in [0.29, 0.717) is 12.1 Å². The van der Waals surface area contributed by atoms with E-state index in [2.05, 4.69) is 9.63 Å². The van der Waals surface area contributed by atoms with Crippen LogP contribution in [-0.2, 0) is 18.0 Å². The predicted molar refractivity (Wildman–Crippen MR) is 100 cm³/mol. The van der Waals surface area contributed by atoms with Crippen molar-refractivity contribution in [3.05, 3.63) is 53.4 Å². The molecule has 27 heavy (non-hydrogen) atoms. The Morgan fingerprint density at radius 1 is 1.19 bits per heavy atom. The fourth-order valence-electron chi connectivity index (χ4n) is 2.04. The van der Waals surface area contributed by atoms with E-state index in [1.807, 2.05) is 19.9 Å². The van der Waals surface area contributed by atoms with E-state index in [-0.39, 0.29) is 0 Å². The fraction of sp³-hybridized carbons (Fsp3) is 0.375. The third kappa shape index (κ3) is 11.2. The monoisotopic (exact) mass is 423 g/mol. The maximum absolute atomic E-state index is 13.0. The van der Waals surface area contributed by atoms with Gasteiger partial charge in [0.2, 0.25) is 0 Å². The first-order valence-electron chi connectivity index (χ1n) is 7.97. The van der Waals surface area contributed by atoms with E-state index in [1.165, 1.54) is 30.3 Å². The molecule has 2 unspecified atom stereocenters. The minimum absolute atomic E-state index is 0.367. The number of hydrogen-bond donors (Lipinski definition) is 4. The second kappa shape index (κ2) is 10.3. The third-order valence-electron chi connectivity index (χ3n) is 3.14. The molecule has 0 radical (unpaired) electrons. The van der Waals surface area contributed by atoms with Gasteiger partial charge in [0.15, 0.2) is 6.23 Å². The summed E-state index contributed by atoms with van der Waals surface area (Å²) >= 11 is 0. The van der Waals surface area contributed by atoms with Crippen molar-refractivity contribution in [2.45, 2.75) is 39.8 Å². The van der Waals surface area contributed by atoms with Gasteiger partial charge in [0, 0.05) is 5.69 Å². The number of anilines is 1. The molecule has 0 saturated heterocycles. The Balaban J connectivity index is 2.97. The van der Waals surface area contributed by atoms with Crippen LogP contribution in [0.2, 0.25) is 0 Å². The lowest BCUT2D eigenvalue weighted by molar-refractivity contribution is 0.162.